The minimum absolute atomic E-state index is 0.327. The Bertz CT molecular complexity index is 95.3. The van der Waals surface area contributed by atoms with Gasteiger partial charge in [0, 0.05) is 18.7 Å². The van der Waals surface area contributed by atoms with Gasteiger partial charge in [-0.2, -0.15) is 0 Å². The SMILES string of the molecule is CC[C@@H]1CC[C@@H](CCO)N1. The highest BCUT2D eigenvalue weighted by atomic mass is 16.3. The summed E-state index contributed by atoms with van der Waals surface area (Å²) >= 11 is 0. The first-order valence-electron chi connectivity index (χ1n) is 4.23. The first-order valence-corrected chi connectivity index (χ1v) is 4.23. The number of rotatable bonds is 3. The second-order valence-electron chi connectivity index (χ2n) is 3.06. The third kappa shape index (κ3) is 1.96. The summed E-state index contributed by atoms with van der Waals surface area (Å²) in [6.45, 7) is 2.53. The third-order valence-electron chi connectivity index (χ3n) is 2.31. The highest BCUT2D eigenvalue weighted by Gasteiger charge is 2.20. The lowest BCUT2D eigenvalue weighted by molar-refractivity contribution is 0.269. The quantitative estimate of drug-likeness (QED) is 0.615. The van der Waals surface area contributed by atoms with Crippen LogP contribution in [0.25, 0.3) is 0 Å². The number of aliphatic hydroxyl groups is 1. The van der Waals surface area contributed by atoms with Gasteiger partial charge in [-0.25, -0.2) is 0 Å². The fraction of sp³-hybridized carbons (Fsp3) is 1.00. The van der Waals surface area contributed by atoms with Gasteiger partial charge in [-0.15, -0.1) is 0 Å². The van der Waals surface area contributed by atoms with Crippen LogP contribution >= 0.6 is 0 Å². The topological polar surface area (TPSA) is 32.3 Å². The van der Waals surface area contributed by atoms with E-state index in [9.17, 15) is 0 Å². The summed E-state index contributed by atoms with van der Waals surface area (Å²) in [5.74, 6) is 0. The molecule has 0 saturated carbocycles. The van der Waals surface area contributed by atoms with Crippen molar-refractivity contribution in [2.24, 2.45) is 0 Å². The van der Waals surface area contributed by atoms with E-state index < -0.39 is 0 Å². The molecule has 0 spiro atoms. The van der Waals surface area contributed by atoms with Gasteiger partial charge in [0.1, 0.15) is 0 Å². The van der Waals surface area contributed by atoms with Crippen LogP contribution in [0, 0.1) is 0 Å². The Balaban J connectivity index is 2.15. The summed E-state index contributed by atoms with van der Waals surface area (Å²) in [6, 6.07) is 1.31. The summed E-state index contributed by atoms with van der Waals surface area (Å²) in [7, 11) is 0. The van der Waals surface area contributed by atoms with Crippen LogP contribution in [-0.2, 0) is 0 Å². The predicted octanol–water partition coefficient (Wildman–Crippen LogP) is 0.899. The molecule has 60 valence electrons. The van der Waals surface area contributed by atoms with Crippen LogP contribution in [0.2, 0.25) is 0 Å². The highest BCUT2D eigenvalue weighted by Crippen LogP contribution is 2.16. The first-order chi connectivity index (χ1) is 4.86. The van der Waals surface area contributed by atoms with Gasteiger partial charge in [0.2, 0.25) is 0 Å². The molecular weight excluding hydrogens is 126 g/mol. The van der Waals surface area contributed by atoms with Crippen molar-refractivity contribution in [2.75, 3.05) is 6.61 Å². The fourth-order valence-corrected chi connectivity index (χ4v) is 1.61. The Labute approximate surface area is 62.6 Å². The molecule has 1 rings (SSSR count). The first kappa shape index (κ1) is 8.02. The van der Waals surface area contributed by atoms with E-state index in [0.717, 1.165) is 12.5 Å². The summed E-state index contributed by atoms with van der Waals surface area (Å²) in [5.41, 5.74) is 0. The van der Waals surface area contributed by atoms with Crippen LogP contribution in [0.5, 0.6) is 0 Å². The van der Waals surface area contributed by atoms with Crippen molar-refractivity contribution in [3.8, 4) is 0 Å². The van der Waals surface area contributed by atoms with E-state index in [4.69, 9.17) is 5.11 Å². The zero-order valence-electron chi connectivity index (χ0n) is 6.64. The molecule has 10 heavy (non-hydrogen) atoms. The van der Waals surface area contributed by atoms with Gasteiger partial charge in [-0.3, -0.25) is 0 Å². The molecule has 0 bridgehead atoms. The van der Waals surface area contributed by atoms with E-state index in [2.05, 4.69) is 12.2 Å². The number of hydrogen-bond donors (Lipinski definition) is 2. The average molecular weight is 143 g/mol. The maximum Gasteiger partial charge on any atom is 0.0445 e. The second-order valence-corrected chi connectivity index (χ2v) is 3.06. The molecule has 0 aromatic rings. The van der Waals surface area contributed by atoms with Crippen molar-refractivity contribution >= 4 is 0 Å². The van der Waals surface area contributed by atoms with Crippen LogP contribution in [0.1, 0.15) is 32.6 Å². The summed E-state index contributed by atoms with van der Waals surface area (Å²) < 4.78 is 0. The van der Waals surface area contributed by atoms with Crippen molar-refractivity contribution in [3.63, 3.8) is 0 Å². The van der Waals surface area contributed by atoms with E-state index in [-0.39, 0.29) is 0 Å². The Morgan fingerprint density at radius 2 is 2.10 bits per heavy atom. The summed E-state index contributed by atoms with van der Waals surface area (Å²) in [6.07, 6.45) is 4.69. The van der Waals surface area contributed by atoms with Gasteiger partial charge in [0.15, 0.2) is 0 Å². The van der Waals surface area contributed by atoms with E-state index in [1.54, 1.807) is 0 Å². The van der Waals surface area contributed by atoms with Crippen LogP contribution in [0.15, 0.2) is 0 Å². The molecular formula is C8H17NO. The molecule has 1 heterocycles. The minimum Gasteiger partial charge on any atom is -0.396 e. The maximum atomic E-state index is 8.65. The fourth-order valence-electron chi connectivity index (χ4n) is 1.61. The molecule has 2 N–H and O–H groups in total. The smallest absolute Gasteiger partial charge is 0.0445 e. The van der Waals surface area contributed by atoms with Gasteiger partial charge in [0.05, 0.1) is 0 Å². The molecule has 0 aromatic heterocycles. The van der Waals surface area contributed by atoms with Crippen LogP contribution in [-0.4, -0.2) is 23.8 Å². The standard InChI is InChI=1S/C8H17NO/c1-2-7-3-4-8(9-7)5-6-10/h7-10H,2-6H2,1H3/t7-,8+/m1/s1. The number of nitrogens with one attached hydrogen (secondary N) is 1. The molecule has 0 unspecified atom stereocenters. The monoisotopic (exact) mass is 143 g/mol. The highest BCUT2D eigenvalue weighted by molar-refractivity contribution is 4.81. The molecule has 0 aliphatic carbocycles. The predicted molar refractivity (Wildman–Crippen MR) is 41.9 cm³/mol. The van der Waals surface area contributed by atoms with Crippen molar-refractivity contribution < 1.29 is 5.11 Å². The minimum atomic E-state index is 0.327. The largest absolute Gasteiger partial charge is 0.396 e. The van der Waals surface area contributed by atoms with Gasteiger partial charge < -0.3 is 10.4 Å². The Morgan fingerprint density at radius 1 is 1.40 bits per heavy atom. The lowest BCUT2D eigenvalue weighted by atomic mass is 10.1. The zero-order chi connectivity index (χ0) is 7.40. The van der Waals surface area contributed by atoms with Crippen molar-refractivity contribution in [1.82, 2.24) is 5.32 Å². The van der Waals surface area contributed by atoms with Crippen molar-refractivity contribution in [1.29, 1.82) is 0 Å². The normalized spacial score (nSPS) is 33.0. The molecule has 1 fully saturated rings. The molecule has 2 nitrogen and oxygen atoms in total. The molecule has 1 aliphatic rings. The molecule has 0 radical (unpaired) electrons. The molecule has 0 amide bonds. The van der Waals surface area contributed by atoms with Crippen LogP contribution < -0.4 is 5.32 Å². The van der Waals surface area contributed by atoms with E-state index in [1.165, 1.54) is 19.3 Å². The van der Waals surface area contributed by atoms with Gasteiger partial charge >= 0.3 is 0 Å². The summed E-state index contributed by atoms with van der Waals surface area (Å²) in [4.78, 5) is 0. The Hall–Kier alpha value is -0.0800. The van der Waals surface area contributed by atoms with Crippen molar-refractivity contribution in [2.45, 2.75) is 44.7 Å². The maximum absolute atomic E-state index is 8.65. The summed E-state index contributed by atoms with van der Waals surface area (Å²) in [5, 5.41) is 12.1. The lowest BCUT2D eigenvalue weighted by Gasteiger charge is -2.10. The van der Waals surface area contributed by atoms with E-state index in [0.29, 0.717) is 12.6 Å². The molecule has 1 aliphatic heterocycles. The number of aliphatic hydroxyl groups excluding tert-OH is 1. The molecule has 2 atom stereocenters. The second kappa shape index (κ2) is 3.94. The van der Waals surface area contributed by atoms with Gasteiger partial charge in [0.25, 0.3) is 0 Å². The Morgan fingerprint density at radius 3 is 2.60 bits per heavy atom. The van der Waals surface area contributed by atoms with Crippen LogP contribution in [0.3, 0.4) is 0 Å². The lowest BCUT2D eigenvalue weighted by Crippen LogP contribution is -2.29. The third-order valence-corrected chi connectivity index (χ3v) is 2.31. The van der Waals surface area contributed by atoms with Gasteiger partial charge in [-0.1, -0.05) is 6.92 Å². The van der Waals surface area contributed by atoms with E-state index in [1.807, 2.05) is 0 Å². The number of hydrogen-bond acceptors (Lipinski definition) is 2. The van der Waals surface area contributed by atoms with Crippen molar-refractivity contribution in [3.05, 3.63) is 0 Å². The van der Waals surface area contributed by atoms with Crippen LogP contribution in [0.4, 0.5) is 0 Å². The molecule has 0 aromatic carbocycles. The van der Waals surface area contributed by atoms with E-state index >= 15 is 0 Å². The molecule has 1 saturated heterocycles. The Kier molecular flexibility index (Phi) is 3.16. The molecule has 2 heteroatoms. The van der Waals surface area contributed by atoms with Gasteiger partial charge in [-0.05, 0) is 25.7 Å². The average Bonchev–Trinajstić information content (AvgIpc) is 2.37. The zero-order valence-corrected chi connectivity index (χ0v) is 6.64.